The van der Waals surface area contributed by atoms with Crippen LogP contribution in [0.25, 0.3) is 6.08 Å². The molecule has 31 heavy (non-hydrogen) atoms. The molecular formula is C23H25N3O5. The van der Waals surface area contributed by atoms with E-state index in [1.54, 1.807) is 32.9 Å². The number of hydrogen-bond donors (Lipinski definition) is 1. The van der Waals surface area contributed by atoms with Crippen molar-refractivity contribution in [3.8, 4) is 0 Å². The van der Waals surface area contributed by atoms with Gasteiger partial charge in [-0.15, -0.1) is 0 Å². The van der Waals surface area contributed by atoms with Crippen molar-refractivity contribution < 1.29 is 23.9 Å². The topological polar surface area (TPSA) is 97.8 Å². The van der Waals surface area contributed by atoms with Crippen molar-refractivity contribution in [1.29, 1.82) is 0 Å². The summed E-state index contributed by atoms with van der Waals surface area (Å²) in [6.45, 7) is 5.47. The van der Waals surface area contributed by atoms with E-state index in [-0.39, 0.29) is 25.6 Å². The molecule has 3 rings (SSSR count). The van der Waals surface area contributed by atoms with Gasteiger partial charge in [-0.05, 0) is 44.0 Å². The van der Waals surface area contributed by atoms with Gasteiger partial charge in [0.2, 0.25) is 5.91 Å². The molecule has 0 spiro atoms. The number of anilines is 1. The minimum atomic E-state index is -0.596. The first-order chi connectivity index (χ1) is 14.7. The molecule has 2 amide bonds. The molecule has 1 aliphatic heterocycles. The van der Waals surface area contributed by atoms with Crippen molar-refractivity contribution in [2.75, 3.05) is 11.9 Å². The predicted molar refractivity (Wildman–Crippen MR) is 115 cm³/mol. The number of pyridine rings is 1. The van der Waals surface area contributed by atoms with Crippen LogP contribution in [0.2, 0.25) is 0 Å². The van der Waals surface area contributed by atoms with Crippen LogP contribution in [-0.2, 0) is 32.2 Å². The molecule has 0 aliphatic carbocycles. The van der Waals surface area contributed by atoms with Crippen LogP contribution in [0.15, 0.2) is 48.7 Å². The smallest absolute Gasteiger partial charge is 0.410 e. The number of benzene rings is 1. The summed E-state index contributed by atoms with van der Waals surface area (Å²) in [5, 5.41) is 2.69. The molecular weight excluding hydrogens is 398 g/mol. The van der Waals surface area contributed by atoms with Gasteiger partial charge in [0.05, 0.1) is 6.54 Å². The van der Waals surface area contributed by atoms with Crippen molar-refractivity contribution in [3.05, 3.63) is 65.4 Å². The van der Waals surface area contributed by atoms with E-state index in [1.165, 1.54) is 17.2 Å². The number of carbonyl (C=O) groups is 3. The van der Waals surface area contributed by atoms with Crippen LogP contribution in [0.3, 0.4) is 0 Å². The number of carbonyl (C=O) groups excluding carboxylic acids is 3. The van der Waals surface area contributed by atoms with Gasteiger partial charge in [-0.3, -0.25) is 9.69 Å². The fourth-order valence-corrected chi connectivity index (χ4v) is 2.90. The maximum absolute atomic E-state index is 12.5. The Balaban J connectivity index is 1.70. The first kappa shape index (κ1) is 22.0. The van der Waals surface area contributed by atoms with Crippen molar-refractivity contribution >= 4 is 29.9 Å². The highest BCUT2D eigenvalue weighted by Crippen LogP contribution is 2.21. The lowest BCUT2D eigenvalue weighted by Crippen LogP contribution is -2.35. The Morgan fingerprint density at radius 3 is 2.65 bits per heavy atom. The second kappa shape index (κ2) is 9.42. The normalized spacial score (nSPS) is 13.9. The summed E-state index contributed by atoms with van der Waals surface area (Å²) < 4.78 is 10.6. The van der Waals surface area contributed by atoms with E-state index in [0.717, 1.165) is 5.56 Å². The van der Waals surface area contributed by atoms with Crippen LogP contribution < -0.4 is 5.32 Å². The Hall–Kier alpha value is -3.68. The molecule has 0 radical (unpaired) electrons. The maximum atomic E-state index is 12.5. The molecule has 8 nitrogen and oxygen atoms in total. The fraction of sp³-hybridized carbons (Fsp3) is 0.304. The quantitative estimate of drug-likeness (QED) is 0.597. The third-order valence-electron chi connectivity index (χ3n) is 4.22. The average Bonchev–Trinajstić information content (AvgIpc) is 2.87. The standard InChI is InChI=1S/C23H25N3O5/c1-23(2,3)31-20(28)10-9-17-11-18-13-26(14-19(27)25-21(18)24-12-17)22(29)30-15-16-7-5-4-6-8-16/h4-12H,13-15H2,1-3H3,(H,24,25,27). The van der Waals surface area contributed by atoms with E-state index in [4.69, 9.17) is 9.47 Å². The summed E-state index contributed by atoms with van der Waals surface area (Å²) in [5.74, 6) is -0.459. The molecule has 162 valence electrons. The largest absolute Gasteiger partial charge is 0.457 e. The summed E-state index contributed by atoms with van der Waals surface area (Å²) in [4.78, 5) is 42.2. The zero-order valence-electron chi connectivity index (χ0n) is 17.8. The van der Waals surface area contributed by atoms with Gasteiger partial charge in [-0.1, -0.05) is 30.3 Å². The Morgan fingerprint density at radius 1 is 1.19 bits per heavy atom. The van der Waals surface area contributed by atoms with Crippen LogP contribution in [0.1, 0.15) is 37.5 Å². The van der Waals surface area contributed by atoms with Gasteiger partial charge in [0.1, 0.15) is 24.6 Å². The second-order valence-electron chi connectivity index (χ2n) is 8.09. The molecule has 2 aromatic rings. The number of nitrogens with one attached hydrogen (secondary N) is 1. The molecule has 1 aromatic carbocycles. The first-order valence-electron chi connectivity index (χ1n) is 9.85. The molecule has 1 aromatic heterocycles. The molecule has 1 N–H and O–H groups in total. The predicted octanol–water partition coefficient (Wildman–Crippen LogP) is 3.53. The highest BCUT2D eigenvalue weighted by Gasteiger charge is 2.25. The zero-order valence-corrected chi connectivity index (χ0v) is 17.8. The number of amides is 2. The van der Waals surface area contributed by atoms with Gasteiger partial charge >= 0.3 is 12.1 Å². The van der Waals surface area contributed by atoms with Crippen molar-refractivity contribution in [2.24, 2.45) is 0 Å². The number of esters is 1. The summed E-state index contributed by atoms with van der Waals surface area (Å²) in [7, 11) is 0. The van der Waals surface area contributed by atoms with E-state index in [9.17, 15) is 14.4 Å². The maximum Gasteiger partial charge on any atom is 0.410 e. The lowest BCUT2D eigenvalue weighted by Gasteiger charge is -2.19. The number of hydrogen-bond acceptors (Lipinski definition) is 6. The van der Waals surface area contributed by atoms with Crippen LogP contribution in [0.5, 0.6) is 0 Å². The van der Waals surface area contributed by atoms with E-state index < -0.39 is 17.7 Å². The van der Waals surface area contributed by atoms with Crippen molar-refractivity contribution in [1.82, 2.24) is 9.88 Å². The number of nitrogens with zero attached hydrogens (tertiary/aromatic N) is 2. The summed E-state index contributed by atoms with van der Waals surface area (Å²) in [6, 6.07) is 11.1. The lowest BCUT2D eigenvalue weighted by atomic mass is 10.1. The molecule has 0 atom stereocenters. The molecule has 0 unspecified atom stereocenters. The van der Waals surface area contributed by atoms with Gasteiger partial charge in [0.25, 0.3) is 0 Å². The van der Waals surface area contributed by atoms with Crippen molar-refractivity contribution in [2.45, 2.75) is 39.5 Å². The minimum absolute atomic E-state index is 0.113. The second-order valence-corrected chi connectivity index (χ2v) is 8.09. The molecule has 0 saturated carbocycles. The molecule has 0 fully saturated rings. The van der Waals surface area contributed by atoms with Gasteiger partial charge in [-0.25, -0.2) is 14.6 Å². The Bertz CT molecular complexity index is 996. The monoisotopic (exact) mass is 423 g/mol. The van der Waals surface area contributed by atoms with E-state index in [1.807, 2.05) is 30.3 Å². The molecule has 2 heterocycles. The average molecular weight is 423 g/mol. The van der Waals surface area contributed by atoms with E-state index in [2.05, 4.69) is 10.3 Å². The molecule has 1 aliphatic rings. The minimum Gasteiger partial charge on any atom is -0.457 e. The fourth-order valence-electron chi connectivity index (χ4n) is 2.90. The Kier molecular flexibility index (Phi) is 6.69. The van der Waals surface area contributed by atoms with E-state index >= 15 is 0 Å². The first-order valence-corrected chi connectivity index (χ1v) is 9.85. The Morgan fingerprint density at radius 2 is 1.94 bits per heavy atom. The molecule has 0 bridgehead atoms. The molecule has 0 saturated heterocycles. The third-order valence-corrected chi connectivity index (χ3v) is 4.22. The lowest BCUT2D eigenvalue weighted by molar-refractivity contribution is -0.148. The highest BCUT2D eigenvalue weighted by molar-refractivity contribution is 5.95. The van der Waals surface area contributed by atoms with Crippen LogP contribution in [-0.4, -0.2) is 40.0 Å². The van der Waals surface area contributed by atoms with Gasteiger partial charge in [-0.2, -0.15) is 0 Å². The number of fused-ring (bicyclic) bond motifs is 1. The van der Waals surface area contributed by atoms with Crippen LogP contribution >= 0.6 is 0 Å². The van der Waals surface area contributed by atoms with E-state index in [0.29, 0.717) is 16.9 Å². The highest BCUT2D eigenvalue weighted by atomic mass is 16.6. The van der Waals surface area contributed by atoms with Crippen molar-refractivity contribution in [3.63, 3.8) is 0 Å². The zero-order chi connectivity index (χ0) is 22.4. The third kappa shape index (κ3) is 6.67. The number of aromatic nitrogens is 1. The molecule has 8 heteroatoms. The summed E-state index contributed by atoms with van der Waals surface area (Å²) >= 11 is 0. The number of ether oxygens (including phenoxy) is 2. The summed E-state index contributed by atoms with van der Waals surface area (Å²) in [5.41, 5.74) is 1.54. The van der Waals surface area contributed by atoms with Gasteiger partial charge < -0.3 is 14.8 Å². The number of rotatable bonds is 4. The SMILES string of the molecule is CC(C)(C)OC(=O)C=Cc1cnc2c(c1)CN(C(=O)OCc1ccccc1)CC(=O)N2. The van der Waals surface area contributed by atoms with Crippen LogP contribution in [0.4, 0.5) is 10.6 Å². The summed E-state index contributed by atoms with van der Waals surface area (Å²) in [6.07, 6.45) is 3.83. The van der Waals surface area contributed by atoms with Gasteiger partial charge in [0, 0.05) is 17.8 Å². The van der Waals surface area contributed by atoms with Gasteiger partial charge in [0.15, 0.2) is 0 Å². The Labute approximate surface area is 180 Å². The van der Waals surface area contributed by atoms with Crippen LogP contribution in [0, 0.1) is 0 Å².